The molecule has 0 atom stereocenters. The van der Waals surface area contributed by atoms with E-state index in [0.29, 0.717) is 37.6 Å². The first-order valence-corrected chi connectivity index (χ1v) is 5.37. The van der Waals surface area contributed by atoms with Gasteiger partial charge in [-0.2, -0.15) is 4.39 Å². The van der Waals surface area contributed by atoms with Crippen molar-refractivity contribution in [3.8, 4) is 0 Å². The van der Waals surface area contributed by atoms with Gasteiger partial charge < -0.3 is 9.64 Å². The molecule has 1 aromatic rings. The van der Waals surface area contributed by atoms with Gasteiger partial charge in [0.05, 0.1) is 18.1 Å². The van der Waals surface area contributed by atoms with Gasteiger partial charge in [0.2, 0.25) is 5.82 Å². The third-order valence-corrected chi connectivity index (χ3v) is 2.80. The van der Waals surface area contributed by atoms with Gasteiger partial charge in [0, 0.05) is 30.4 Å². The summed E-state index contributed by atoms with van der Waals surface area (Å²) in [7, 11) is 0. The van der Waals surface area contributed by atoms with Crippen molar-refractivity contribution in [1.29, 1.82) is 0 Å². The summed E-state index contributed by atoms with van der Waals surface area (Å²) >= 11 is 0. The maximum Gasteiger partial charge on any atom is 0.307 e. The Labute approximate surface area is 97.9 Å². The SMILES string of the molecule is Cc1cc(N2CCOCC2)cc(F)c1[N+](=O)[O-]. The first-order chi connectivity index (χ1) is 8.09. The van der Waals surface area contributed by atoms with Gasteiger partial charge in [-0.05, 0) is 13.0 Å². The molecule has 1 aliphatic rings. The number of nitro benzene ring substituents is 1. The van der Waals surface area contributed by atoms with E-state index in [2.05, 4.69) is 0 Å². The zero-order valence-corrected chi connectivity index (χ0v) is 9.48. The molecule has 1 fully saturated rings. The number of hydrogen-bond acceptors (Lipinski definition) is 4. The highest BCUT2D eigenvalue weighted by Crippen LogP contribution is 2.28. The lowest BCUT2D eigenvalue weighted by Crippen LogP contribution is -2.36. The van der Waals surface area contributed by atoms with Crippen LogP contribution in [-0.4, -0.2) is 31.2 Å². The van der Waals surface area contributed by atoms with Gasteiger partial charge in [0.25, 0.3) is 0 Å². The lowest BCUT2D eigenvalue weighted by atomic mass is 10.1. The molecule has 5 nitrogen and oxygen atoms in total. The Balaban J connectivity index is 2.34. The van der Waals surface area contributed by atoms with Crippen LogP contribution >= 0.6 is 0 Å². The molecule has 17 heavy (non-hydrogen) atoms. The second-order valence-corrected chi connectivity index (χ2v) is 3.95. The van der Waals surface area contributed by atoms with Crippen molar-refractivity contribution in [2.45, 2.75) is 6.92 Å². The zero-order chi connectivity index (χ0) is 12.4. The lowest BCUT2D eigenvalue weighted by Gasteiger charge is -2.29. The van der Waals surface area contributed by atoms with Crippen molar-refractivity contribution >= 4 is 11.4 Å². The van der Waals surface area contributed by atoms with Gasteiger partial charge in [0.1, 0.15) is 0 Å². The maximum atomic E-state index is 13.6. The first-order valence-electron chi connectivity index (χ1n) is 5.37. The van der Waals surface area contributed by atoms with E-state index in [1.807, 2.05) is 4.90 Å². The smallest absolute Gasteiger partial charge is 0.307 e. The molecule has 1 saturated heterocycles. The van der Waals surface area contributed by atoms with Crippen LogP contribution in [0.15, 0.2) is 12.1 Å². The normalized spacial score (nSPS) is 16.0. The molecule has 0 N–H and O–H groups in total. The number of ether oxygens (including phenoxy) is 1. The van der Waals surface area contributed by atoms with Crippen molar-refractivity contribution in [3.05, 3.63) is 33.6 Å². The Morgan fingerprint density at radius 1 is 1.41 bits per heavy atom. The number of aryl methyl sites for hydroxylation is 1. The zero-order valence-electron chi connectivity index (χ0n) is 9.48. The number of rotatable bonds is 2. The fraction of sp³-hybridized carbons (Fsp3) is 0.455. The molecule has 0 unspecified atom stereocenters. The number of anilines is 1. The first kappa shape index (κ1) is 11.8. The maximum absolute atomic E-state index is 13.6. The van der Waals surface area contributed by atoms with E-state index in [1.54, 1.807) is 13.0 Å². The Morgan fingerprint density at radius 3 is 2.59 bits per heavy atom. The van der Waals surface area contributed by atoms with E-state index in [1.165, 1.54) is 6.07 Å². The minimum atomic E-state index is -0.781. The molecule has 2 rings (SSSR count). The molecule has 0 radical (unpaired) electrons. The second kappa shape index (κ2) is 4.67. The van der Waals surface area contributed by atoms with Gasteiger partial charge in [-0.3, -0.25) is 10.1 Å². The standard InChI is InChI=1S/C11H13FN2O3/c1-8-6-9(13-2-4-17-5-3-13)7-10(12)11(8)14(15)16/h6-7H,2-5H2,1H3. The highest BCUT2D eigenvalue weighted by molar-refractivity contribution is 5.56. The van der Waals surface area contributed by atoms with Gasteiger partial charge >= 0.3 is 5.69 Å². The van der Waals surface area contributed by atoms with Crippen molar-refractivity contribution in [2.24, 2.45) is 0 Å². The molecular weight excluding hydrogens is 227 g/mol. The molecule has 0 aromatic heterocycles. The van der Waals surface area contributed by atoms with Crippen LogP contribution in [-0.2, 0) is 4.74 Å². The average molecular weight is 240 g/mol. The van der Waals surface area contributed by atoms with Crippen LogP contribution < -0.4 is 4.90 Å². The number of nitro groups is 1. The van der Waals surface area contributed by atoms with Crippen LogP contribution in [0.4, 0.5) is 15.8 Å². The predicted octanol–water partition coefficient (Wildman–Crippen LogP) is 1.88. The van der Waals surface area contributed by atoms with Crippen LogP contribution in [0.2, 0.25) is 0 Å². The molecule has 0 aliphatic carbocycles. The molecule has 0 saturated carbocycles. The summed E-state index contributed by atoms with van der Waals surface area (Å²) in [6.07, 6.45) is 0. The number of halogens is 1. The minimum absolute atomic E-state index is 0.344. The summed E-state index contributed by atoms with van der Waals surface area (Å²) < 4.78 is 18.8. The Hall–Kier alpha value is -1.69. The number of morpholine rings is 1. The number of nitrogens with zero attached hydrogens (tertiary/aromatic N) is 2. The van der Waals surface area contributed by atoms with E-state index >= 15 is 0 Å². The van der Waals surface area contributed by atoms with E-state index in [0.717, 1.165) is 0 Å². The highest BCUT2D eigenvalue weighted by atomic mass is 19.1. The lowest BCUT2D eigenvalue weighted by molar-refractivity contribution is -0.388. The monoisotopic (exact) mass is 240 g/mol. The third kappa shape index (κ3) is 2.36. The summed E-state index contributed by atoms with van der Waals surface area (Å²) in [6.45, 7) is 4.09. The van der Waals surface area contributed by atoms with Crippen molar-refractivity contribution in [3.63, 3.8) is 0 Å². The second-order valence-electron chi connectivity index (χ2n) is 3.95. The molecule has 92 valence electrons. The highest BCUT2D eigenvalue weighted by Gasteiger charge is 2.21. The Morgan fingerprint density at radius 2 is 2.06 bits per heavy atom. The molecule has 0 spiro atoms. The van der Waals surface area contributed by atoms with E-state index < -0.39 is 16.4 Å². The van der Waals surface area contributed by atoms with Crippen LogP contribution in [0.3, 0.4) is 0 Å². The topological polar surface area (TPSA) is 55.6 Å². The molecule has 6 heteroatoms. The molecule has 1 aliphatic heterocycles. The Kier molecular flexibility index (Phi) is 3.23. The van der Waals surface area contributed by atoms with E-state index in [-0.39, 0.29) is 0 Å². The van der Waals surface area contributed by atoms with Gasteiger partial charge in [-0.25, -0.2) is 0 Å². The van der Waals surface area contributed by atoms with Crippen molar-refractivity contribution in [1.82, 2.24) is 0 Å². The summed E-state index contributed by atoms with van der Waals surface area (Å²) in [5.41, 5.74) is 0.576. The third-order valence-electron chi connectivity index (χ3n) is 2.80. The number of benzene rings is 1. The Bertz CT molecular complexity index is 421. The van der Waals surface area contributed by atoms with Crippen LogP contribution in [0.1, 0.15) is 5.56 Å². The summed E-state index contributed by atoms with van der Waals surface area (Å²) in [4.78, 5) is 11.9. The summed E-state index contributed by atoms with van der Waals surface area (Å²) in [6, 6.07) is 2.86. The van der Waals surface area contributed by atoms with Crippen molar-refractivity contribution < 1.29 is 14.1 Å². The largest absolute Gasteiger partial charge is 0.378 e. The van der Waals surface area contributed by atoms with E-state index in [4.69, 9.17) is 4.74 Å². The average Bonchev–Trinajstić information content (AvgIpc) is 2.28. The molecular formula is C11H13FN2O3. The van der Waals surface area contributed by atoms with Gasteiger partial charge in [-0.15, -0.1) is 0 Å². The molecule has 0 bridgehead atoms. The minimum Gasteiger partial charge on any atom is -0.378 e. The fourth-order valence-corrected chi connectivity index (χ4v) is 1.95. The quantitative estimate of drug-likeness (QED) is 0.585. The fourth-order valence-electron chi connectivity index (χ4n) is 1.95. The molecule has 0 amide bonds. The van der Waals surface area contributed by atoms with Crippen molar-refractivity contribution in [2.75, 3.05) is 31.2 Å². The predicted molar refractivity (Wildman–Crippen MR) is 60.8 cm³/mol. The van der Waals surface area contributed by atoms with Gasteiger partial charge in [-0.1, -0.05) is 0 Å². The van der Waals surface area contributed by atoms with Crippen LogP contribution in [0.25, 0.3) is 0 Å². The summed E-state index contributed by atoms with van der Waals surface area (Å²) in [5.74, 6) is -0.781. The van der Waals surface area contributed by atoms with Gasteiger partial charge in [0.15, 0.2) is 0 Å². The van der Waals surface area contributed by atoms with Crippen LogP contribution in [0, 0.1) is 22.9 Å². The number of hydrogen-bond donors (Lipinski definition) is 0. The molecule has 1 heterocycles. The summed E-state index contributed by atoms with van der Waals surface area (Å²) in [5, 5.41) is 10.7. The molecule has 1 aromatic carbocycles. The van der Waals surface area contributed by atoms with Crippen LogP contribution in [0.5, 0.6) is 0 Å². The van der Waals surface area contributed by atoms with E-state index in [9.17, 15) is 14.5 Å².